The maximum Gasteiger partial charge on any atom is 0.196 e. The van der Waals surface area contributed by atoms with Crippen molar-refractivity contribution >= 4 is 22.1 Å². The summed E-state index contributed by atoms with van der Waals surface area (Å²) in [4.78, 5) is 14.1. The molecule has 0 amide bonds. The molecule has 0 fully saturated rings. The second-order valence-electron chi connectivity index (χ2n) is 5.65. The molecule has 1 aliphatic carbocycles. The molecule has 0 spiro atoms. The summed E-state index contributed by atoms with van der Waals surface area (Å²) in [5, 5.41) is 0.662. The molecule has 1 aromatic heterocycles. The van der Waals surface area contributed by atoms with Gasteiger partial charge in [0.25, 0.3) is 0 Å². The molecular formula is C17H19NO2S. The van der Waals surface area contributed by atoms with E-state index in [0.717, 1.165) is 30.6 Å². The lowest BCUT2D eigenvalue weighted by molar-refractivity contribution is 0.103. The van der Waals surface area contributed by atoms with Gasteiger partial charge >= 0.3 is 0 Å². The van der Waals surface area contributed by atoms with E-state index in [1.54, 1.807) is 30.6 Å². The predicted molar refractivity (Wildman–Crippen MR) is 86.3 cm³/mol. The minimum absolute atomic E-state index is 0.0298. The van der Waals surface area contributed by atoms with Crippen LogP contribution in [0.1, 0.15) is 39.7 Å². The molecule has 4 heteroatoms. The summed E-state index contributed by atoms with van der Waals surface area (Å²) in [6.45, 7) is 2.25. The fourth-order valence-corrected chi connectivity index (χ4v) is 4.19. The summed E-state index contributed by atoms with van der Waals surface area (Å²) in [6.07, 6.45) is 3.13. The monoisotopic (exact) mass is 301 g/mol. The first-order chi connectivity index (χ1) is 10.1. The highest BCUT2D eigenvalue weighted by Gasteiger charge is 2.26. The van der Waals surface area contributed by atoms with Gasteiger partial charge in [0.2, 0.25) is 0 Å². The van der Waals surface area contributed by atoms with Crippen LogP contribution in [-0.4, -0.2) is 12.9 Å². The van der Waals surface area contributed by atoms with Gasteiger partial charge in [-0.05, 0) is 55.0 Å². The highest BCUT2D eigenvalue weighted by Crippen LogP contribution is 2.39. The third-order valence-electron chi connectivity index (χ3n) is 4.12. The zero-order valence-electron chi connectivity index (χ0n) is 12.3. The Morgan fingerprint density at radius 1 is 1.33 bits per heavy atom. The van der Waals surface area contributed by atoms with Crippen LogP contribution >= 0.6 is 11.3 Å². The second-order valence-corrected chi connectivity index (χ2v) is 6.79. The summed E-state index contributed by atoms with van der Waals surface area (Å²) >= 11 is 1.58. The summed E-state index contributed by atoms with van der Waals surface area (Å²) in [5.74, 6) is 1.46. The second kappa shape index (κ2) is 5.53. The van der Waals surface area contributed by atoms with Gasteiger partial charge < -0.3 is 10.5 Å². The van der Waals surface area contributed by atoms with Crippen LogP contribution in [-0.2, 0) is 12.8 Å². The van der Waals surface area contributed by atoms with E-state index in [2.05, 4.69) is 6.92 Å². The van der Waals surface area contributed by atoms with Crippen molar-refractivity contribution in [2.75, 3.05) is 12.8 Å². The number of anilines is 1. The van der Waals surface area contributed by atoms with Gasteiger partial charge in [-0.15, -0.1) is 11.3 Å². The normalized spacial score (nSPS) is 17.3. The predicted octanol–water partition coefficient (Wildman–Crippen LogP) is 3.69. The SMILES string of the molecule is COc1ccc(C(=O)c2c(N)sc3c2CC[C@H](C)C3)cc1. The number of nitrogen functional groups attached to an aromatic ring is 1. The van der Waals surface area contributed by atoms with Crippen LogP contribution in [0.5, 0.6) is 5.75 Å². The van der Waals surface area contributed by atoms with Crippen molar-refractivity contribution in [3.05, 3.63) is 45.8 Å². The van der Waals surface area contributed by atoms with E-state index in [0.29, 0.717) is 16.5 Å². The Kier molecular flexibility index (Phi) is 3.72. The van der Waals surface area contributed by atoms with Crippen molar-refractivity contribution in [1.29, 1.82) is 0 Å². The van der Waals surface area contributed by atoms with Crippen molar-refractivity contribution in [1.82, 2.24) is 0 Å². The lowest BCUT2D eigenvalue weighted by Gasteiger charge is -2.18. The van der Waals surface area contributed by atoms with Crippen molar-refractivity contribution in [2.24, 2.45) is 5.92 Å². The fourth-order valence-electron chi connectivity index (χ4n) is 2.91. The van der Waals surface area contributed by atoms with Crippen LogP contribution < -0.4 is 10.5 Å². The van der Waals surface area contributed by atoms with E-state index in [4.69, 9.17) is 10.5 Å². The molecule has 110 valence electrons. The molecule has 0 radical (unpaired) electrons. The Balaban J connectivity index is 1.98. The van der Waals surface area contributed by atoms with Crippen LogP contribution in [0.15, 0.2) is 24.3 Å². The summed E-state index contributed by atoms with van der Waals surface area (Å²) < 4.78 is 5.13. The first kappa shape index (κ1) is 14.1. The number of thiophene rings is 1. The van der Waals surface area contributed by atoms with E-state index in [1.165, 1.54) is 10.4 Å². The molecular weight excluding hydrogens is 282 g/mol. The van der Waals surface area contributed by atoms with Crippen LogP contribution in [0.25, 0.3) is 0 Å². The molecule has 2 N–H and O–H groups in total. The minimum atomic E-state index is 0.0298. The molecule has 2 aromatic rings. The lowest BCUT2D eigenvalue weighted by Crippen LogP contribution is -2.13. The summed E-state index contributed by atoms with van der Waals surface area (Å²) in [7, 11) is 1.62. The van der Waals surface area contributed by atoms with Crippen LogP contribution in [0.4, 0.5) is 5.00 Å². The van der Waals surface area contributed by atoms with Crippen LogP contribution in [0.2, 0.25) is 0 Å². The number of fused-ring (bicyclic) bond motifs is 1. The van der Waals surface area contributed by atoms with Crippen molar-refractivity contribution in [3.8, 4) is 5.75 Å². The average molecular weight is 301 g/mol. The Bertz CT molecular complexity index is 673. The van der Waals surface area contributed by atoms with Crippen molar-refractivity contribution in [2.45, 2.75) is 26.2 Å². The third kappa shape index (κ3) is 2.56. The maximum atomic E-state index is 12.8. The van der Waals surface area contributed by atoms with Crippen LogP contribution in [0.3, 0.4) is 0 Å². The Morgan fingerprint density at radius 2 is 2.05 bits per heavy atom. The Hall–Kier alpha value is -1.81. The van der Waals surface area contributed by atoms with Crippen LogP contribution in [0, 0.1) is 5.92 Å². The Labute approximate surface area is 128 Å². The molecule has 1 heterocycles. The number of nitrogens with two attached hydrogens (primary N) is 1. The highest BCUT2D eigenvalue weighted by molar-refractivity contribution is 7.16. The van der Waals surface area contributed by atoms with Gasteiger partial charge in [0, 0.05) is 10.4 Å². The topological polar surface area (TPSA) is 52.3 Å². The number of ketones is 1. The van der Waals surface area contributed by atoms with Gasteiger partial charge in [-0.2, -0.15) is 0 Å². The molecule has 0 saturated carbocycles. The number of carbonyl (C=O) groups excluding carboxylic acids is 1. The van der Waals surface area contributed by atoms with E-state index >= 15 is 0 Å². The first-order valence-electron chi connectivity index (χ1n) is 7.19. The molecule has 3 nitrogen and oxygen atoms in total. The number of carbonyl (C=O) groups is 1. The quantitative estimate of drug-likeness (QED) is 0.880. The largest absolute Gasteiger partial charge is 0.497 e. The number of hydrogen-bond acceptors (Lipinski definition) is 4. The van der Waals surface area contributed by atoms with Gasteiger partial charge in [-0.25, -0.2) is 0 Å². The number of methoxy groups -OCH3 is 1. The van der Waals surface area contributed by atoms with E-state index in [9.17, 15) is 4.79 Å². The fraction of sp³-hybridized carbons (Fsp3) is 0.353. The standard InChI is InChI=1S/C17H19NO2S/c1-10-3-8-13-14(9-10)21-17(18)15(13)16(19)11-4-6-12(20-2)7-5-11/h4-7,10H,3,8-9,18H2,1-2H3/t10-/m0/s1. The maximum absolute atomic E-state index is 12.8. The van der Waals surface area contributed by atoms with E-state index in [1.807, 2.05) is 12.1 Å². The Morgan fingerprint density at radius 3 is 2.71 bits per heavy atom. The molecule has 0 bridgehead atoms. The number of ether oxygens (including phenoxy) is 1. The van der Waals surface area contributed by atoms with Gasteiger partial charge in [-0.1, -0.05) is 6.92 Å². The summed E-state index contributed by atoms with van der Waals surface area (Å²) in [5.41, 5.74) is 8.71. The average Bonchev–Trinajstić information content (AvgIpc) is 2.81. The van der Waals surface area contributed by atoms with E-state index in [-0.39, 0.29) is 5.78 Å². The number of benzene rings is 1. The summed E-state index contributed by atoms with van der Waals surface area (Å²) in [6, 6.07) is 7.22. The van der Waals surface area contributed by atoms with Gasteiger partial charge in [0.1, 0.15) is 5.75 Å². The molecule has 3 rings (SSSR count). The van der Waals surface area contributed by atoms with Crippen molar-refractivity contribution < 1.29 is 9.53 Å². The number of rotatable bonds is 3. The lowest BCUT2D eigenvalue weighted by atomic mass is 9.86. The molecule has 1 atom stereocenters. The smallest absolute Gasteiger partial charge is 0.196 e. The van der Waals surface area contributed by atoms with Gasteiger partial charge in [-0.3, -0.25) is 4.79 Å². The minimum Gasteiger partial charge on any atom is -0.497 e. The highest BCUT2D eigenvalue weighted by atomic mass is 32.1. The van der Waals surface area contributed by atoms with Crippen molar-refractivity contribution in [3.63, 3.8) is 0 Å². The first-order valence-corrected chi connectivity index (χ1v) is 8.00. The molecule has 1 aliphatic rings. The number of hydrogen-bond donors (Lipinski definition) is 1. The zero-order chi connectivity index (χ0) is 15.0. The molecule has 0 aliphatic heterocycles. The van der Waals surface area contributed by atoms with Gasteiger partial charge in [0.15, 0.2) is 5.78 Å². The van der Waals surface area contributed by atoms with Gasteiger partial charge in [0.05, 0.1) is 17.7 Å². The third-order valence-corrected chi connectivity index (χ3v) is 5.20. The molecule has 1 aromatic carbocycles. The molecule has 0 saturated heterocycles. The van der Waals surface area contributed by atoms with E-state index < -0.39 is 0 Å². The molecule has 21 heavy (non-hydrogen) atoms. The zero-order valence-corrected chi connectivity index (χ0v) is 13.1. The molecule has 0 unspecified atom stereocenters.